The Hall–Kier alpha value is -1.19. The molecule has 0 saturated heterocycles. The molecule has 0 spiro atoms. The van der Waals surface area contributed by atoms with Crippen LogP contribution in [0.15, 0.2) is 53.0 Å². The summed E-state index contributed by atoms with van der Waals surface area (Å²) in [5, 5.41) is 3.49. The Labute approximate surface area is 134 Å². The molecule has 0 heterocycles. The molecule has 2 rings (SSSR count). The molecular weight excluding hydrogens is 329 g/mol. The Balaban J connectivity index is 2.14. The molecule has 0 aliphatic carbocycles. The van der Waals surface area contributed by atoms with Crippen LogP contribution in [0.5, 0.6) is 0 Å². The van der Waals surface area contributed by atoms with E-state index in [1.807, 2.05) is 12.1 Å². The third kappa shape index (κ3) is 5.25. The highest BCUT2D eigenvalue weighted by molar-refractivity contribution is 9.10. The number of hydrogen-bond donors (Lipinski definition) is 1. The lowest BCUT2D eigenvalue weighted by Crippen LogP contribution is -2.29. The molecule has 1 N–H and O–H groups in total. The predicted octanol–water partition coefficient (Wildman–Crippen LogP) is 4.91. The van der Waals surface area contributed by atoms with Gasteiger partial charge in [0.1, 0.15) is 5.82 Å². The maximum atomic E-state index is 13.1. The van der Waals surface area contributed by atoms with Crippen LogP contribution in [0.3, 0.4) is 0 Å². The molecule has 21 heavy (non-hydrogen) atoms. The van der Waals surface area contributed by atoms with E-state index in [0.717, 1.165) is 17.4 Å². The molecule has 1 nitrogen and oxygen atoms in total. The first-order valence-corrected chi connectivity index (χ1v) is 8.07. The quantitative estimate of drug-likeness (QED) is 0.780. The summed E-state index contributed by atoms with van der Waals surface area (Å²) in [6, 6.07) is 15.7. The van der Waals surface area contributed by atoms with Crippen molar-refractivity contribution in [2.45, 2.75) is 32.2 Å². The highest BCUT2D eigenvalue weighted by Crippen LogP contribution is 2.22. The van der Waals surface area contributed by atoms with Gasteiger partial charge in [-0.1, -0.05) is 54.0 Å². The van der Waals surface area contributed by atoms with Crippen molar-refractivity contribution >= 4 is 15.9 Å². The van der Waals surface area contributed by atoms with E-state index in [4.69, 9.17) is 0 Å². The number of halogens is 2. The van der Waals surface area contributed by atoms with Gasteiger partial charge in [-0.05, 0) is 41.8 Å². The van der Waals surface area contributed by atoms with Crippen molar-refractivity contribution < 1.29 is 4.39 Å². The second-order valence-electron chi connectivity index (χ2n) is 5.64. The molecule has 0 amide bonds. The molecule has 1 unspecified atom stereocenters. The lowest BCUT2D eigenvalue weighted by molar-refractivity contribution is 0.526. The van der Waals surface area contributed by atoms with E-state index < -0.39 is 0 Å². The van der Waals surface area contributed by atoms with Crippen LogP contribution in [0.25, 0.3) is 0 Å². The Morgan fingerprint density at radius 3 is 2.19 bits per heavy atom. The Morgan fingerprint density at radius 1 is 1.00 bits per heavy atom. The Bertz CT molecular complexity index is 548. The fourth-order valence-electron chi connectivity index (χ4n) is 2.33. The molecule has 0 aliphatic rings. The number of benzene rings is 2. The second kappa shape index (κ2) is 7.71. The largest absolute Gasteiger partial charge is 0.314 e. The van der Waals surface area contributed by atoms with Crippen molar-refractivity contribution in [1.29, 1.82) is 0 Å². The van der Waals surface area contributed by atoms with Gasteiger partial charge in [-0.15, -0.1) is 0 Å². The summed E-state index contributed by atoms with van der Waals surface area (Å²) in [6.45, 7) is 5.17. The van der Waals surface area contributed by atoms with E-state index in [-0.39, 0.29) is 5.82 Å². The molecule has 112 valence electrons. The highest BCUT2D eigenvalue weighted by Gasteiger charge is 2.13. The molecule has 2 aromatic rings. The molecule has 0 aliphatic heterocycles. The Kier molecular flexibility index (Phi) is 5.95. The van der Waals surface area contributed by atoms with Gasteiger partial charge >= 0.3 is 0 Å². The van der Waals surface area contributed by atoms with Gasteiger partial charge in [-0.2, -0.15) is 0 Å². The fourth-order valence-corrected chi connectivity index (χ4v) is 2.59. The third-order valence-electron chi connectivity index (χ3n) is 3.51. The van der Waals surface area contributed by atoms with Gasteiger partial charge in [0, 0.05) is 23.0 Å². The van der Waals surface area contributed by atoms with Crippen LogP contribution in [0, 0.1) is 5.82 Å². The summed E-state index contributed by atoms with van der Waals surface area (Å²) in [6.07, 6.45) is 0.943. The maximum absolute atomic E-state index is 13.1. The standard InChI is InChI=1S/C18H21BrFN/c1-13(2)21-12-16(15-5-9-18(20)10-6-15)11-14-3-7-17(19)8-4-14/h3-10,13,16,21H,11-12H2,1-2H3. The first-order valence-electron chi connectivity index (χ1n) is 7.28. The van der Waals surface area contributed by atoms with Gasteiger partial charge in [0.25, 0.3) is 0 Å². The number of nitrogens with one attached hydrogen (secondary N) is 1. The van der Waals surface area contributed by atoms with Crippen LogP contribution in [-0.2, 0) is 6.42 Å². The number of rotatable bonds is 6. The van der Waals surface area contributed by atoms with E-state index >= 15 is 0 Å². The van der Waals surface area contributed by atoms with Gasteiger partial charge in [0.15, 0.2) is 0 Å². The second-order valence-corrected chi connectivity index (χ2v) is 6.56. The fraction of sp³-hybridized carbons (Fsp3) is 0.333. The van der Waals surface area contributed by atoms with Gasteiger partial charge in [0.2, 0.25) is 0 Å². The van der Waals surface area contributed by atoms with Gasteiger partial charge in [-0.25, -0.2) is 4.39 Å². The topological polar surface area (TPSA) is 12.0 Å². The molecular formula is C18H21BrFN. The van der Waals surface area contributed by atoms with Crippen LogP contribution in [-0.4, -0.2) is 12.6 Å². The number of hydrogen-bond acceptors (Lipinski definition) is 1. The van der Waals surface area contributed by atoms with Crippen LogP contribution >= 0.6 is 15.9 Å². The van der Waals surface area contributed by atoms with Crippen LogP contribution in [0.4, 0.5) is 4.39 Å². The smallest absolute Gasteiger partial charge is 0.123 e. The van der Waals surface area contributed by atoms with E-state index in [0.29, 0.717) is 12.0 Å². The summed E-state index contributed by atoms with van der Waals surface area (Å²) in [5.74, 6) is 0.159. The lowest BCUT2D eigenvalue weighted by Gasteiger charge is -2.20. The molecule has 0 fully saturated rings. The average molecular weight is 350 g/mol. The molecule has 0 bridgehead atoms. The summed E-state index contributed by atoms with van der Waals surface area (Å²) in [4.78, 5) is 0. The molecule has 0 saturated carbocycles. The first-order chi connectivity index (χ1) is 10.0. The zero-order valence-corrected chi connectivity index (χ0v) is 14.0. The normalized spacial score (nSPS) is 12.6. The minimum absolute atomic E-state index is 0.182. The molecule has 3 heteroatoms. The predicted molar refractivity (Wildman–Crippen MR) is 90.1 cm³/mol. The van der Waals surface area contributed by atoms with Crippen molar-refractivity contribution in [3.63, 3.8) is 0 Å². The van der Waals surface area contributed by atoms with Gasteiger partial charge < -0.3 is 5.32 Å². The summed E-state index contributed by atoms with van der Waals surface area (Å²) < 4.78 is 14.2. The summed E-state index contributed by atoms with van der Waals surface area (Å²) in [5.41, 5.74) is 2.46. The minimum Gasteiger partial charge on any atom is -0.314 e. The van der Waals surface area contributed by atoms with E-state index in [1.165, 1.54) is 11.1 Å². The molecule has 1 atom stereocenters. The van der Waals surface area contributed by atoms with E-state index in [1.54, 1.807) is 12.1 Å². The van der Waals surface area contributed by atoms with Crippen molar-refractivity contribution in [3.8, 4) is 0 Å². The third-order valence-corrected chi connectivity index (χ3v) is 4.04. The van der Waals surface area contributed by atoms with Crippen molar-refractivity contribution in [2.75, 3.05) is 6.54 Å². The first kappa shape index (κ1) is 16.2. The monoisotopic (exact) mass is 349 g/mol. The maximum Gasteiger partial charge on any atom is 0.123 e. The minimum atomic E-state index is -0.182. The van der Waals surface area contributed by atoms with Crippen LogP contribution in [0.1, 0.15) is 30.9 Å². The summed E-state index contributed by atoms with van der Waals surface area (Å²) in [7, 11) is 0. The van der Waals surface area contributed by atoms with Gasteiger partial charge in [0.05, 0.1) is 0 Å². The SMILES string of the molecule is CC(C)NCC(Cc1ccc(Br)cc1)c1ccc(F)cc1. The average Bonchev–Trinajstić information content (AvgIpc) is 2.46. The van der Waals surface area contributed by atoms with Gasteiger partial charge in [-0.3, -0.25) is 0 Å². The van der Waals surface area contributed by atoms with Crippen molar-refractivity contribution in [3.05, 3.63) is 69.9 Å². The lowest BCUT2D eigenvalue weighted by atomic mass is 9.91. The molecule has 0 radical (unpaired) electrons. The zero-order valence-electron chi connectivity index (χ0n) is 12.4. The Morgan fingerprint density at radius 2 is 1.62 bits per heavy atom. The van der Waals surface area contributed by atoms with E-state index in [9.17, 15) is 4.39 Å². The van der Waals surface area contributed by atoms with Crippen molar-refractivity contribution in [1.82, 2.24) is 5.32 Å². The van der Waals surface area contributed by atoms with Crippen molar-refractivity contribution in [2.24, 2.45) is 0 Å². The molecule has 2 aromatic carbocycles. The van der Waals surface area contributed by atoms with Crippen LogP contribution in [0.2, 0.25) is 0 Å². The highest BCUT2D eigenvalue weighted by atomic mass is 79.9. The van der Waals surface area contributed by atoms with Crippen LogP contribution < -0.4 is 5.32 Å². The zero-order chi connectivity index (χ0) is 15.2. The van der Waals surface area contributed by atoms with E-state index in [2.05, 4.69) is 59.4 Å². The molecule has 0 aromatic heterocycles. The summed E-state index contributed by atoms with van der Waals surface area (Å²) >= 11 is 3.46.